The molecule has 32 heavy (non-hydrogen) atoms. The molecule has 0 spiro atoms. The summed E-state index contributed by atoms with van der Waals surface area (Å²) in [5.41, 5.74) is -0.660. The summed E-state index contributed by atoms with van der Waals surface area (Å²) in [5, 5.41) is 2.40. The van der Waals surface area contributed by atoms with Gasteiger partial charge in [-0.15, -0.1) is 0 Å². The Bertz CT molecular complexity index is 912. The van der Waals surface area contributed by atoms with Crippen molar-refractivity contribution in [2.75, 3.05) is 0 Å². The van der Waals surface area contributed by atoms with E-state index >= 15 is 0 Å². The second-order valence-corrected chi connectivity index (χ2v) is 13.1. The predicted octanol–water partition coefficient (Wildman–Crippen LogP) is 3.60. The number of nitrogens with one attached hydrogen (secondary N) is 1. The molecule has 1 saturated heterocycles. The number of amides is 1. The molecule has 0 radical (unpaired) electrons. The maximum absolute atomic E-state index is 13.2. The summed E-state index contributed by atoms with van der Waals surface area (Å²) in [6.07, 6.45) is 1.76. The maximum atomic E-state index is 13.2. The average molecular weight is 465 g/mol. The Morgan fingerprint density at radius 2 is 1.50 bits per heavy atom. The topological polar surface area (TPSA) is 90.9 Å². The lowest BCUT2D eigenvalue weighted by Crippen LogP contribution is -2.42. The van der Waals surface area contributed by atoms with Gasteiger partial charge in [0.15, 0.2) is 9.84 Å². The number of hydrogen-bond donors (Lipinski definition) is 1. The van der Waals surface area contributed by atoms with Crippen LogP contribution in [0.3, 0.4) is 0 Å². The van der Waals surface area contributed by atoms with Crippen molar-refractivity contribution >= 4 is 28.5 Å². The van der Waals surface area contributed by atoms with Crippen LogP contribution in [0.15, 0.2) is 29.2 Å². The lowest BCUT2D eigenvalue weighted by atomic mass is 9.79. The van der Waals surface area contributed by atoms with E-state index in [-0.39, 0.29) is 6.04 Å². The molecule has 1 aromatic rings. The number of hydrogen-bond acceptors (Lipinski definition) is 6. The van der Waals surface area contributed by atoms with Crippen LogP contribution in [0.25, 0.3) is 0 Å². The Balaban J connectivity index is 1.60. The lowest BCUT2D eigenvalue weighted by molar-refractivity contribution is 0.00578. The van der Waals surface area contributed by atoms with Crippen molar-refractivity contribution in [3.8, 4) is 0 Å². The van der Waals surface area contributed by atoms with Crippen molar-refractivity contribution in [2.45, 2.75) is 107 Å². The fraction of sp³-hybridized carbons (Fsp3) is 0.696. The number of benzene rings is 1. The smallest absolute Gasteiger partial charge is 0.444 e. The highest BCUT2D eigenvalue weighted by molar-refractivity contribution is 7.92. The van der Waals surface area contributed by atoms with E-state index in [0.717, 1.165) is 5.46 Å². The van der Waals surface area contributed by atoms with Crippen LogP contribution in [0.2, 0.25) is 0 Å². The highest BCUT2D eigenvalue weighted by Gasteiger charge is 2.51. The van der Waals surface area contributed by atoms with E-state index in [4.69, 9.17) is 14.0 Å². The average Bonchev–Trinajstić information content (AvgIpc) is 2.88. The third-order valence-electron chi connectivity index (χ3n) is 6.57. The van der Waals surface area contributed by atoms with Crippen LogP contribution < -0.4 is 10.8 Å². The number of ether oxygens (including phenoxy) is 1. The molecule has 0 unspecified atom stereocenters. The molecule has 1 aliphatic carbocycles. The maximum Gasteiger partial charge on any atom is 0.494 e. The number of carbonyl (C=O) groups excluding carboxylic acids is 1. The number of alkyl carbamates (subject to hydrolysis) is 1. The molecule has 1 N–H and O–H groups in total. The minimum absolute atomic E-state index is 0.0675. The molecule has 0 bridgehead atoms. The van der Waals surface area contributed by atoms with E-state index in [9.17, 15) is 13.2 Å². The normalized spacial score (nSPS) is 25.4. The van der Waals surface area contributed by atoms with Crippen molar-refractivity contribution < 1.29 is 27.3 Å². The van der Waals surface area contributed by atoms with Gasteiger partial charge in [0.25, 0.3) is 0 Å². The van der Waals surface area contributed by atoms with E-state index in [1.807, 2.05) is 48.5 Å². The van der Waals surface area contributed by atoms with Gasteiger partial charge in [-0.25, -0.2) is 13.2 Å². The molecule has 2 aliphatic rings. The third-order valence-corrected chi connectivity index (χ3v) is 8.85. The molecule has 3 rings (SSSR count). The Morgan fingerprint density at radius 1 is 1.00 bits per heavy atom. The van der Waals surface area contributed by atoms with Gasteiger partial charge in [0.05, 0.1) is 21.3 Å². The molecular weight excluding hydrogens is 429 g/mol. The molecule has 0 atom stereocenters. The van der Waals surface area contributed by atoms with Crippen molar-refractivity contribution in [1.29, 1.82) is 0 Å². The zero-order valence-electron chi connectivity index (χ0n) is 20.2. The van der Waals surface area contributed by atoms with Crippen LogP contribution in [0.5, 0.6) is 0 Å². The summed E-state index contributed by atoms with van der Waals surface area (Å²) in [6.45, 7) is 13.4. The summed E-state index contributed by atoms with van der Waals surface area (Å²) < 4.78 is 43.7. The van der Waals surface area contributed by atoms with Gasteiger partial charge in [-0.2, -0.15) is 0 Å². The second kappa shape index (κ2) is 8.65. The van der Waals surface area contributed by atoms with E-state index in [0.29, 0.717) is 30.6 Å². The Morgan fingerprint density at radius 3 is 1.97 bits per heavy atom. The summed E-state index contributed by atoms with van der Waals surface area (Å²) >= 11 is 0. The van der Waals surface area contributed by atoms with Crippen LogP contribution in [0.1, 0.15) is 74.1 Å². The van der Waals surface area contributed by atoms with E-state index in [1.165, 1.54) is 0 Å². The lowest BCUT2D eigenvalue weighted by Gasteiger charge is -2.32. The minimum Gasteiger partial charge on any atom is -0.444 e. The van der Waals surface area contributed by atoms with Crippen LogP contribution in [0.4, 0.5) is 4.79 Å². The van der Waals surface area contributed by atoms with Crippen molar-refractivity contribution in [3.05, 3.63) is 24.3 Å². The van der Waals surface area contributed by atoms with E-state index in [2.05, 4.69) is 5.32 Å². The summed E-state index contributed by atoms with van der Waals surface area (Å²) in [4.78, 5) is 12.3. The van der Waals surface area contributed by atoms with Crippen molar-refractivity contribution in [3.63, 3.8) is 0 Å². The van der Waals surface area contributed by atoms with Gasteiger partial charge in [-0.3, -0.25) is 0 Å². The molecule has 1 heterocycles. The molecule has 1 saturated carbocycles. The van der Waals surface area contributed by atoms with Crippen LogP contribution in [-0.4, -0.2) is 49.7 Å². The molecule has 7 nitrogen and oxygen atoms in total. The van der Waals surface area contributed by atoms with E-state index < -0.39 is 45.1 Å². The summed E-state index contributed by atoms with van der Waals surface area (Å²) in [7, 11) is -3.98. The number of carbonyl (C=O) groups is 1. The Hall–Kier alpha value is -1.58. The third kappa shape index (κ3) is 5.49. The molecule has 1 aliphatic heterocycles. The van der Waals surface area contributed by atoms with Crippen molar-refractivity contribution in [1.82, 2.24) is 5.32 Å². The van der Waals surface area contributed by atoms with Crippen LogP contribution >= 0.6 is 0 Å². The SMILES string of the molecule is CC(C)(C)OC(=O)NC1CCC(S(=O)(=O)c2ccc(B3OC(C)(C)C(C)(C)O3)cc2)CC1. The van der Waals surface area contributed by atoms with Crippen molar-refractivity contribution in [2.24, 2.45) is 0 Å². The first-order valence-electron chi connectivity index (χ1n) is 11.3. The number of rotatable bonds is 4. The van der Waals surface area contributed by atoms with Crippen LogP contribution in [-0.2, 0) is 23.9 Å². The molecule has 1 amide bonds. The molecule has 9 heteroatoms. The predicted molar refractivity (Wildman–Crippen MR) is 125 cm³/mol. The first-order valence-corrected chi connectivity index (χ1v) is 12.8. The number of sulfone groups is 1. The summed E-state index contributed by atoms with van der Waals surface area (Å²) in [6, 6.07) is 6.75. The largest absolute Gasteiger partial charge is 0.494 e. The molecule has 0 aromatic heterocycles. The fourth-order valence-electron chi connectivity index (χ4n) is 3.98. The fourth-order valence-corrected chi connectivity index (χ4v) is 5.77. The first kappa shape index (κ1) is 25.1. The van der Waals surface area contributed by atoms with Gasteiger partial charge >= 0.3 is 13.2 Å². The van der Waals surface area contributed by atoms with Gasteiger partial charge in [-0.05, 0) is 91.7 Å². The minimum atomic E-state index is -3.45. The molecule has 2 fully saturated rings. The molecular formula is C23H36BNO6S. The molecule has 178 valence electrons. The van der Waals surface area contributed by atoms with Gasteiger partial charge in [-0.1, -0.05) is 12.1 Å². The summed E-state index contributed by atoms with van der Waals surface area (Å²) in [5.74, 6) is 0. The van der Waals surface area contributed by atoms with E-state index in [1.54, 1.807) is 24.3 Å². The van der Waals surface area contributed by atoms with Crippen LogP contribution in [0, 0.1) is 0 Å². The first-order chi connectivity index (χ1) is 14.6. The Labute approximate surface area is 192 Å². The van der Waals surface area contributed by atoms with Gasteiger partial charge in [0.1, 0.15) is 5.60 Å². The van der Waals surface area contributed by atoms with Gasteiger partial charge < -0.3 is 19.4 Å². The zero-order chi connectivity index (χ0) is 23.9. The zero-order valence-corrected chi connectivity index (χ0v) is 21.0. The quantitative estimate of drug-likeness (QED) is 0.684. The molecule has 1 aromatic carbocycles. The van der Waals surface area contributed by atoms with Gasteiger partial charge in [0.2, 0.25) is 0 Å². The monoisotopic (exact) mass is 465 g/mol. The highest BCUT2D eigenvalue weighted by Crippen LogP contribution is 2.36. The van der Waals surface area contributed by atoms with Gasteiger partial charge in [0, 0.05) is 6.04 Å². The highest BCUT2D eigenvalue weighted by atomic mass is 32.2. The Kier molecular flexibility index (Phi) is 6.77. The standard InChI is InChI=1S/C23H36BNO6S/c1-21(2,3)29-20(26)25-17-10-14-19(15-11-17)32(27,28)18-12-8-16(9-13-18)24-30-22(4,5)23(6,7)31-24/h8-9,12-13,17,19H,10-11,14-15H2,1-7H3,(H,25,26). The second-order valence-electron chi connectivity index (χ2n) is 10.8.